The van der Waals surface area contributed by atoms with Crippen molar-refractivity contribution >= 4 is 8.19 Å². The second-order valence-electron chi connectivity index (χ2n) is 2.13. The van der Waals surface area contributed by atoms with Crippen LogP contribution in [0.2, 0.25) is 0 Å². The van der Waals surface area contributed by atoms with Gasteiger partial charge in [0.15, 0.2) is 0 Å². The lowest BCUT2D eigenvalue weighted by molar-refractivity contribution is 0.243. The summed E-state index contributed by atoms with van der Waals surface area (Å²) in [6, 6.07) is 1.97. The summed E-state index contributed by atoms with van der Waals surface area (Å²) in [6.07, 6.45) is 0.278. The predicted molar refractivity (Wildman–Crippen MR) is 40.5 cm³/mol. The van der Waals surface area contributed by atoms with Gasteiger partial charge < -0.3 is 4.74 Å². The molecular formula is C7H10OP. The van der Waals surface area contributed by atoms with Gasteiger partial charge in [0.1, 0.15) is 5.75 Å². The summed E-state index contributed by atoms with van der Waals surface area (Å²) in [6.45, 7) is 4.04. The van der Waals surface area contributed by atoms with Crippen LogP contribution in [0.4, 0.5) is 0 Å². The zero-order valence-electron chi connectivity index (χ0n) is 5.64. The first-order valence-electron chi connectivity index (χ1n) is 3.01. The van der Waals surface area contributed by atoms with E-state index in [2.05, 4.69) is 11.6 Å². The van der Waals surface area contributed by atoms with Crippen molar-refractivity contribution in [1.29, 1.82) is 0 Å². The Kier molecular flexibility index (Phi) is 2.18. The minimum Gasteiger partial charge on any atom is -0.490 e. The lowest BCUT2D eigenvalue weighted by Gasteiger charge is -2.05. The standard InChI is InChI=1S/C7H10OP/c1-6(2)8-7-3-4-9-5-7/h3-4,6,9H,1-2H3. The topological polar surface area (TPSA) is 9.23 Å². The molecule has 0 saturated carbocycles. The highest BCUT2D eigenvalue weighted by atomic mass is 31.0. The number of hydrogen-bond donors (Lipinski definition) is 0. The average Bonchev–Trinajstić information content (AvgIpc) is 2.15. The third-order valence-electron chi connectivity index (χ3n) is 0.876. The molecule has 0 N–H and O–H groups in total. The van der Waals surface area contributed by atoms with Crippen molar-refractivity contribution in [3.05, 3.63) is 17.7 Å². The van der Waals surface area contributed by atoms with Gasteiger partial charge >= 0.3 is 0 Å². The zero-order valence-corrected chi connectivity index (χ0v) is 6.64. The van der Waals surface area contributed by atoms with Crippen molar-refractivity contribution in [3.8, 4) is 5.75 Å². The summed E-state index contributed by atoms with van der Waals surface area (Å²) in [5, 5.41) is 0. The average molecular weight is 141 g/mol. The van der Waals surface area contributed by atoms with Crippen molar-refractivity contribution in [2.45, 2.75) is 20.0 Å². The van der Waals surface area contributed by atoms with Gasteiger partial charge in [-0.2, -0.15) is 0 Å². The molecule has 0 fully saturated rings. The van der Waals surface area contributed by atoms with E-state index in [0.29, 0.717) is 8.19 Å². The zero-order chi connectivity index (χ0) is 6.69. The molecule has 1 atom stereocenters. The van der Waals surface area contributed by atoms with Crippen molar-refractivity contribution < 1.29 is 4.74 Å². The van der Waals surface area contributed by atoms with E-state index in [-0.39, 0.29) is 6.10 Å². The van der Waals surface area contributed by atoms with Crippen LogP contribution in [0.3, 0.4) is 0 Å². The van der Waals surface area contributed by atoms with Gasteiger partial charge in [0.2, 0.25) is 0 Å². The first-order valence-corrected chi connectivity index (χ1v) is 4.08. The molecule has 0 aliphatic heterocycles. The number of ether oxygens (including phenoxy) is 1. The van der Waals surface area contributed by atoms with Gasteiger partial charge in [-0.3, -0.25) is 0 Å². The maximum Gasteiger partial charge on any atom is 0.131 e. The Morgan fingerprint density at radius 1 is 1.67 bits per heavy atom. The molecule has 0 aliphatic carbocycles. The Labute approximate surface area is 57.1 Å². The summed E-state index contributed by atoms with van der Waals surface area (Å²) in [4.78, 5) is 0. The highest BCUT2D eigenvalue weighted by Crippen LogP contribution is 2.18. The van der Waals surface area contributed by atoms with Crippen molar-refractivity contribution in [1.82, 2.24) is 0 Å². The summed E-state index contributed by atoms with van der Waals surface area (Å²) in [5.41, 5.74) is 0. The van der Waals surface area contributed by atoms with E-state index < -0.39 is 0 Å². The van der Waals surface area contributed by atoms with Crippen LogP contribution in [0.5, 0.6) is 5.75 Å². The van der Waals surface area contributed by atoms with Gasteiger partial charge in [-0.05, 0) is 25.7 Å². The van der Waals surface area contributed by atoms with E-state index in [4.69, 9.17) is 4.74 Å². The van der Waals surface area contributed by atoms with Crippen LogP contribution in [0.1, 0.15) is 13.8 Å². The molecule has 0 spiro atoms. The lowest BCUT2D eigenvalue weighted by Crippen LogP contribution is -2.04. The fourth-order valence-corrected chi connectivity index (χ4v) is 1.20. The SMILES string of the molecule is CC(C)Oc1[c][pH]cc1. The van der Waals surface area contributed by atoms with Gasteiger partial charge in [-0.1, -0.05) is 0 Å². The van der Waals surface area contributed by atoms with Crippen LogP contribution in [0.15, 0.2) is 11.9 Å². The second kappa shape index (κ2) is 2.93. The van der Waals surface area contributed by atoms with Crippen LogP contribution in [-0.4, -0.2) is 6.10 Å². The van der Waals surface area contributed by atoms with Gasteiger partial charge in [-0.25, -0.2) is 0 Å². The Hall–Kier alpha value is -0.420. The second-order valence-corrected chi connectivity index (χ2v) is 3.01. The summed E-state index contributed by atoms with van der Waals surface area (Å²) < 4.78 is 5.34. The largest absolute Gasteiger partial charge is 0.490 e. The smallest absolute Gasteiger partial charge is 0.131 e. The van der Waals surface area contributed by atoms with E-state index >= 15 is 0 Å². The normalized spacial score (nSPS) is 11.0. The molecule has 1 aromatic rings. The van der Waals surface area contributed by atoms with E-state index in [9.17, 15) is 0 Å². The van der Waals surface area contributed by atoms with E-state index in [1.54, 1.807) is 0 Å². The van der Waals surface area contributed by atoms with Gasteiger partial charge in [-0.15, -0.1) is 8.19 Å². The Bertz CT molecular complexity index is 155. The fraction of sp³-hybridized carbons (Fsp3) is 0.429. The Balaban J connectivity index is 2.48. The van der Waals surface area contributed by atoms with Crippen molar-refractivity contribution in [3.63, 3.8) is 0 Å². The molecule has 49 valence electrons. The molecule has 2 heteroatoms. The molecule has 0 aromatic carbocycles. The maximum absolute atomic E-state index is 5.34. The molecule has 1 nitrogen and oxygen atoms in total. The first-order chi connectivity index (χ1) is 4.29. The molecule has 1 rings (SSSR count). The monoisotopic (exact) mass is 141 g/mol. The molecule has 0 saturated heterocycles. The first kappa shape index (κ1) is 6.70. The van der Waals surface area contributed by atoms with Crippen molar-refractivity contribution in [2.75, 3.05) is 0 Å². The van der Waals surface area contributed by atoms with Gasteiger partial charge in [0, 0.05) is 5.80 Å². The summed E-state index contributed by atoms with van der Waals surface area (Å²) in [7, 11) is 0.696. The van der Waals surface area contributed by atoms with E-state index in [1.807, 2.05) is 19.9 Å². The third kappa shape index (κ3) is 2.11. The maximum atomic E-state index is 5.34. The fourth-order valence-electron chi connectivity index (χ4n) is 0.594. The molecule has 1 aromatic heterocycles. The van der Waals surface area contributed by atoms with Crippen LogP contribution in [0, 0.1) is 5.80 Å². The molecule has 9 heavy (non-hydrogen) atoms. The third-order valence-corrected chi connectivity index (χ3v) is 1.60. The molecule has 0 aliphatic rings. The predicted octanol–water partition coefficient (Wildman–Crippen LogP) is 2.31. The highest BCUT2D eigenvalue weighted by molar-refractivity contribution is 7.28. The minimum atomic E-state index is 0.278. The van der Waals surface area contributed by atoms with E-state index in [0.717, 1.165) is 5.75 Å². The quantitative estimate of drug-likeness (QED) is 0.614. The molecule has 0 amide bonds. The van der Waals surface area contributed by atoms with E-state index in [1.165, 1.54) is 0 Å². The summed E-state index contributed by atoms with van der Waals surface area (Å²) in [5.74, 6) is 6.07. The number of rotatable bonds is 2. The molecule has 1 heterocycles. The molecular weight excluding hydrogens is 131 g/mol. The van der Waals surface area contributed by atoms with Gasteiger partial charge in [0.05, 0.1) is 6.10 Å². The molecule has 0 bridgehead atoms. The van der Waals surface area contributed by atoms with Gasteiger partial charge in [0.25, 0.3) is 0 Å². The summed E-state index contributed by atoms with van der Waals surface area (Å²) >= 11 is 0. The highest BCUT2D eigenvalue weighted by Gasteiger charge is 1.94. The Morgan fingerprint density at radius 3 is 2.89 bits per heavy atom. The van der Waals surface area contributed by atoms with Crippen LogP contribution < -0.4 is 4.74 Å². The van der Waals surface area contributed by atoms with Crippen LogP contribution in [0.25, 0.3) is 0 Å². The van der Waals surface area contributed by atoms with Crippen LogP contribution >= 0.6 is 8.19 Å². The van der Waals surface area contributed by atoms with Crippen molar-refractivity contribution in [2.24, 2.45) is 0 Å². The Morgan fingerprint density at radius 2 is 2.44 bits per heavy atom. The molecule has 1 radical (unpaired) electrons. The number of hydrogen-bond acceptors (Lipinski definition) is 1. The lowest BCUT2D eigenvalue weighted by atomic mass is 10.5. The minimum absolute atomic E-state index is 0.278. The van der Waals surface area contributed by atoms with Crippen LogP contribution in [-0.2, 0) is 0 Å². The molecule has 1 unspecified atom stereocenters.